The van der Waals surface area contributed by atoms with Crippen molar-refractivity contribution in [3.8, 4) is 0 Å². The predicted octanol–water partition coefficient (Wildman–Crippen LogP) is 2.25. The zero-order chi connectivity index (χ0) is 16.8. The Hall–Kier alpha value is -2.09. The average Bonchev–Trinajstić information content (AvgIpc) is 2.98. The molecule has 6 nitrogen and oxygen atoms in total. The summed E-state index contributed by atoms with van der Waals surface area (Å²) < 4.78 is 42.4. The van der Waals surface area contributed by atoms with Crippen LogP contribution in [0.25, 0.3) is 0 Å². The van der Waals surface area contributed by atoms with E-state index in [0.717, 1.165) is 0 Å². The molecule has 1 aliphatic heterocycles. The fourth-order valence-corrected chi connectivity index (χ4v) is 4.02. The highest BCUT2D eigenvalue weighted by molar-refractivity contribution is 7.92. The summed E-state index contributed by atoms with van der Waals surface area (Å²) in [6.07, 6.45) is 2.85. The first-order valence-electron chi connectivity index (χ1n) is 7.38. The molecule has 0 spiro atoms. The number of aromatic nitrogens is 2. The van der Waals surface area contributed by atoms with Crippen LogP contribution in [0.1, 0.15) is 19.9 Å². The van der Waals surface area contributed by atoms with Gasteiger partial charge in [-0.25, -0.2) is 12.8 Å². The van der Waals surface area contributed by atoms with Gasteiger partial charge in [0.1, 0.15) is 10.7 Å². The van der Waals surface area contributed by atoms with Crippen LogP contribution in [0.4, 0.5) is 15.8 Å². The van der Waals surface area contributed by atoms with E-state index in [9.17, 15) is 12.8 Å². The number of hydrogen-bond acceptors (Lipinski definition) is 4. The highest BCUT2D eigenvalue weighted by Gasteiger charge is 2.32. The van der Waals surface area contributed by atoms with E-state index in [1.807, 2.05) is 25.8 Å². The van der Waals surface area contributed by atoms with Crippen molar-refractivity contribution in [3.63, 3.8) is 0 Å². The van der Waals surface area contributed by atoms with Crippen molar-refractivity contribution in [1.82, 2.24) is 9.78 Å². The van der Waals surface area contributed by atoms with E-state index >= 15 is 0 Å². The molecule has 2 aromatic rings. The van der Waals surface area contributed by atoms with E-state index in [-0.39, 0.29) is 17.5 Å². The minimum absolute atomic E-state index is 0.0659. The molecule has 0 saturated carbocycles. The van der Waals surface area contributed by atoms with E-state index < -0.39 is 15.8 Å². The summed E-state index contributed by atoms with van der Waals surface area (Å²) in [6, 6.07) is 4.26. The summed E-state index contributed by atoms with van der Waals surface area (Å²) in [5, 5.41) is 4.09. The monoisotopic (exact) mass is 338 g/mol. The lowest BCUT2D eigenvalue weighted by molar-refractivity contribution is 0.531. The summed E-state index contributed by atoms with van der Waals surface area (Å²) in [6.45, 7) is 4.65. The summed E-state index contributed by atoms with van der Waals surface area (Å²) in [5.74, 6) is -0.461. The minimum atomic E-state index is -3.77. The number of halogens is 1. The van der Waals surface area contributed by atoms with Gasteiger partial charge < -0.3 is 4.90 Å². The van der Waals surface area contributed by atoms with Gasteiger partial charge in [-0.05, 0) is 26.0 Å². The van der Waals surface area contributed by atoms with Gasteiger partial charge in [0.05, 0.1) is 24.1 Å². The lowest BCUT2D eigenvalue weighted by atomic mass is 10.2. The number of rotatable bonds is 3. The maximum atomic E-state index is 13.6. The van der Waals surface area contributed by atoms with Gasteiger partial charge in [-0.1, -0.05) is 0 Å². The zero-order valence-electron chi connectivity index (χ0n) is 13.3. The molecule has 0 bridgehead atoms. The van der Waals surface area contributed by atoms with Crippen LogP contribution in [0.3, 0.4) is 0 Å². The highest BCUT2D eigenvalue weighted by Crippen LogP contribution is 2.36. The molecule has 1 aliphatic rings. The molecule has 0 aliphatic carbocycles. The SMILES string of the molecule is CC(C)n1cc(S(=O)(=O)N2CCN(C)c3ccc(F)cc32)cn1. The first-order chi connectivity index (χ1) is 10.8. The molecule has 0 atom stereocenters. The van der Waals surface area contributed by atoms with E-state index in [4.69, 9.17) is 0 Å². The average molecular weight is 338 g/mol. The summed E-state index contributed by atoms with van der Waals surface area (Å²) in [7, 11) is -1.91. The number of anilines is 2. The van der Waals surface area contributed by atoms with Crippen LogP contribution in [-0.2, 0) is 10.0 Å². The molecule has 8 heteroatoms. The standard InChI is InChI=1S/C15H19FN4O2S/c1-11(2)19-10-13(9-17-19)23(21,22)20-7-6-18(3)14-5-4-12(16)8-15(14)20/h4-5,8-11H,6-7H2,1-3H3. The molecule has 1 aromatic carbocycles. The van der Waals surface area contributed by atoms with Crippen molar-refractivity contribution < 1.29 is 12.8 Å². The maximum absolute atomic E-state index is 13.6. The molecule has 0 N–H and O–H groups in total. The van der Waals surface area contributed by atoms with Gasteiger partial charge in [-0.2, -0.15) is 5.10 Å². The molecule has 23 heavy (non-hydrogen) atoms. The molecule has 0 fully saturated rings. The lowest BCUT2D eigenvalue weighted by Gasteiger charge is -2.35. The summed E-state index contributed by atoms with van der Waals surface area (Å²) in [4.78, 5) is 2.03. The minimum Gasteiger partial charge on any atom is -0.371 e. The van der Waals surface area contributed by atoms with E-state index in [1.54, 1.807) is 10.7 Å². The van der Waals surface area contributed by atoms with Crippen molar-refractivity contribution in [3.05, 3.63) is 36.4 Å². The highest BCUT2D eigenvalue weighted by atomic mass is 32.2. The van der Waals surface area contributed by atoms with E-state index in [2.05, 4.69) is 5.10 Å². The number of hydrogen-bond donors (Lipinski definition) is 0. The predicted molar refractivity (Wildman–Crippen MR) is 86.8 cm³/mol. The van der Waals surface area contributed by atoms with Gasteiger partial charge in [0.15, 0.2) is 0 Å². The van der Waals surface area contributed by atoms with Crippen LogP contribution >= 0.6 is 0 Å². The largest absolute Gasteiger partial charge is 0.371 e. The lowest BCUT2D eigenvalue weighted by Crippen LogP contribution is -2.42. The molecule has 0 unspecified atom stereocenters. The van der Waals surface area contributed by atoms with E-state index in [0.29, 0.717) is 17.9 Å². The van der Waals surface area contributed by atoms with Crippen molar-refractivity contribution in [2.45, 2.75) is 24.8 Å². The van der Waals surface area contributed by atoms with Crippen molar-refractivity contribution in [2.24, 2.45) is 0 Å². The van der Waals surface area contributed by atoms with Crippen LogP contribution in [0.5, 0.6) is 0 Å². The van der Waals surface area contributed by atoms with Crippen molar-refractivity contribution in [1.29, 1.82) is 0 Å². The molecular formula is C15H19FN4O2S. The Labute approximate surface area is 135 Å². The first kappa shape index (κ1) is 15.8. The number of likely N-dealkylation sites (N-methyl/N-ethyl adjacent to an activating group) is 1. The van der Waals surface area contributed by atoms with Crippen LogP contribution < -0.4 is 9.21 Å². The number of nitrogens with zero attached hydrogens (tertiary/aromatic N) is 4. The Balaban J connectivity index is 2.07. The molecule has 1 aromatic heterocycles. The second kappa shape index (κ2) is 5.52. The normalized spacial score (nSPS) is 15.2. The Bertz CT molecular complexity index is 832. The van der Waals surface area contributed by atoms with Gasteiger partial charge in [0.25, 0.3) is 10.0 Å². The van der Waals surface area contributed by atoms with Crippen molar-refractivity contribution in [2.75, 3.05) is 29.3 Å². The summed E-state index contributed by atoms with van der Waals surface area (Å²) in [5.41, 5.74) is 1.05. The number of sulfonamides is 1. The molecule has 124 valence electrons. The van der Waals surface area contributed by atoms with Crippen LogP contribution in [0.15, 0.2) is 35.5 Å². The molecule has 0 radical (unpaired) electrons. The molecular weight excluding hydrogens is 319 g/mol. The third kappa shape index (κ3) is 2.67. The Morgan fingerprint density at radius 2 is 1.96 bits per heavy atom. The zero-order valence-corrected chi connectivity index (χ0v) is 14.1. The molecule has 2 heterocycles. The molecule has 0 saturated heterocycles. The third-order valence-corrected chi connectivity index (χ3v) is 5.72. The second-order valence-electron chi connectivity index (χ2n) is 5.88. The van der Waals surface area contributed by atoms with Gasteiger partial charge >= 0.3 is 0 Å². The summed E-state index contributed by atoms with van der Waals surface area (Å²) >= 11 is 0. The Morgan fingerprint density at radius 1 is 1.22 bits per heavy atom. The third-order valence-electron chi connectivity index (χ3n) is 3.95. The number of fused-ring (bicyclic) bond motifs is 1. The van der Waals surface area contributed by atoms with Crippen molar-refractivity contribution >= 4 is 21.4 Å². The van der Waals surface area contributed by atoms with Gasteiger partial charge in [0.2, 0.25) is 0 Å². The fourth-order valence-electron chi connectivity index (χ4n) is 2.61. The van der Waals surface area contributed by atoms with Crippen LogP contribution in [-0.4, -0.2) is 38.3 Å². The van der Waals surface area contributed by atoms with Gasteiger partial charge in [-0.15, -0.1) is 0 Å². The second-order valence-corrected chi connectivity index (χ2v) is 7.74. The Morgan fingerprint density at radius 3 is 2.61 bits per heavy atom. The maximum Gasteiger partial charge on any atom is 0.267 e. The van der Waals surface area contributed by atoms with Crippen LogP contribution in [0.2, 0.25) is 0 Å². The van der Waals surface area contributed by atoms with Crippen LogP contribution in [0, 0.1) is 5.82 Å². The smallest absolute Gasteiger partial charge is 0.267 e. The Kier molecular flexibility index (Phi) is 3.79. The van der Waals surface area contributed by atoms with Gasteiger partial charge in [0, 0.05) is 31.9 Å². The molecule has 0 amide bonds. The fraction of sp³-hybridized carbons (Fsp3) is 0.400. The van der Waals surface area contributed by atoms with Gasteiger partial charge in [-0.3, -0.25) is 8.99 Å². The topological polar surface area (TPSA) is 58.4 Å². The van der Waals surface area contributed by atoms with E-state index in [1.165, 1.54) is 28.8 Å². The first-order valence-corrected chi connectivity index (χ1v) is 8.82. The number of benzene rings is 1. The quantitative estimate of drug-likeness (QED) is 0.861. The molecule has 3 rings (SSSR count).